The number of aromatic nitrogens is 4. The molecule has 150 valence electrons. The van der Waals surface area contributed by atoms with Gasteiger partial charge in [-0.2, -0.15) is 16.9 Å². The molecule has 0 saturated carbocycles. The number of aryl methyl sites for hydroxylation is 1. The molecule has 1 fully saturated rings. The van der Waals surface area contributed by atoms with Crippen LogP contribution >= 0.6 is 11.8 Å². The van der Waals surface area contributed by atoms with E-state index in [-0.39, 0.29) is 11.0 Å². The third-order valence-electron chi connectivity index (χ3n) is 5.73. The Bertz CT molecular complexity index is 896. The minimum Gasteiger partial charge on any atom is -0.355 e. The third-order valence-corrected chi connectivity index (χ3v) is 6.74. The average molecular weight is 400 g/mol. The fraction of sp³-hybridized carbons (Fsp3) is 0.619. The van der Waals surface area contributed by atoms with Gasteiger partial charge in [0.25, 0.3) is 5.56 Å². The predicted molar refractivity (Wildman–Crippen MR) is 114 cm³/mol. The summed E-state index contributed by atoms with van der Waals surface area (Å²) in [7, 11) is 0. The summed E-state index contributed by atoms with van der Waals surface area (Å²) in [4.78, 5) is 19.3. The van der Waals surface area contributed by atoms with Gasteiger partial charge in [0.05, 0.1) is 17.7 Å². The van der Waals surface area contributed by atoms with Crippen molar-refractivity contribution >= 4 is 17.6 Å². The Balaban J connectivity index is 1.38. The molecule has 0 aliphatic carbocycles. The molecular weight excluding hydrogens is 370 g/mol. The Hall–Kier alpha value is -1.89. The highest BCUT2D eigenvalue weighted by Gasteiger charge is 2.23. The third kappa shape index (κ3) is 4.24. The first-order chi connectivity index (χ1) is 13.4. The lowest BCUT2D eigenvalue weighted by Crippen LogP contribution is -2.37. The summed E-state index contributed by atoms with van der Waals surface area (Å²) in [5.74, 6) is 3.71. The number of hydrogen-bond donors (Lipinski definition) is 0. The van der Waals surface area contributed by atoms with Crippen molar-refractivity contribution in [3.05, 3.63) is 45.8 Å². The standard InChI is InChI=1S/C21H29N5OS/c1-21(2,3)18-11-20(27)26(14-22-18)12-15-4-7-25(8-5-15)19-10-16-13-28-9-6-17(16)23-24-19/h10-11,14-15H,4-9,12-13H2,1-3H3. The number of thioether (sulfide) groups is 1. The normalized spacial score (nSPS) is 18.2. The molecular formula is C21H29N5OS. The van der Waals surface area contributed by atoms with Crippen LogP contribution in [-0.4, -0.2) is 38.6 Å². The summed E-state index contributed by atoms with van der Waals surface area (Å²) in [5, 5.41) is 8.94. The minimum absolute atomic E-state index is 0.0559. The SMILES string of the molecule is CC(C)(C)c1cc(=O)n(CC2CCN(c3cc4c(nn3)CCSC4)CC2)cn1. The Morgan fingerprint density at radius 2 is 1.96 bits per heavy atom. The van der Waals surface area contributed by atoms with Crippen LogP contribution in [0.3, 0.4) is 0 Å². The van der Waals surface area contributed by atoms with Crippen molar-refractivity contribution in [2.45, 2.75) is 57.7 Å². The molecule has 7 heteroatoms. The van der Waals surface area contributed by atoms with E-state index in [1.165, 1.54) is 11.3 Å². The molecule has 2 aliphatic heterocycles. The van der Waals surface area contributed by atoms with E-state index in [2.05, 4.69) is 46.9 Å². The van der Waals surface area contributed by atoms with Crippen molar-refractivity contribution in [1.82, 2.24) is 19.7 Å². The van der Waals surface area contributed by atoms with E-state index in [1.807, 2.05) is 11.8 Å². The molecule has 0 radical (unpaired) electrons. The summed E-state index contributed by atoms with van der Waals surface area (Å²) in [5.41, 5.74) is 3.33. The van der Waals surface area contributed by atoms with E-state index >= 15 is 0 Å². The fourth-order valence-corrected chi connectivity index (χ4v) is 4.83. The molecule has 2 aliphatic rings. The molecule has 0 aromatic carbocycles. The topological polar surface area (TPSA) is 63.9 Å². The van der Waals surface area contributed by atoms with Gasteiger partial charge in [0.15, 0.2) is 5.82 Å². The molecule has 0 N–H and O–H groups in total. The van der Waals surface area contributed by atoms with E-state index in [4.69, 9.17) is 0 Å². The molecule has 2 aromatic heterocycles. The van der Waals surface area contributed by atoms with Crippen LogP contribution in [-0.2, 0) is 24.1 Å². The van der Waals surface area contributed by atoms with Gasteiger partial charge in [-0.25, -0.2) is 4.98 Å². The van der Waals surface area contributed by atoms with Crippen LogP contribution in [0.2, 0.25) is 0 Å². The van der Waals surface area contributed by atoms with Crippen LogP contribution in [0.1, 0.15) is 50.6 Å². The number of hydrogen-bond acceptors (Lipinski definition) is 6. The van der Waals surface area contributed by atoms with E-state index < -0.39 is 0 Å². The molecule has 2 aromatic rings. The molecule has 28 heavy (non-hydrogen) atoms. The van der Waals surface area contributed by atoms with Gasteiger partial charge in [0, 0.05) is 43.3 Å². The molecule has 0 atom stereocenters. The summed E-state index contributed by atoms with van der Waals surface area (Å²) in [6.07, 6.45) is 4.87. The highest BCUT2D eigenvalue weighted by Crippen LogP contribution is 2.28. The maximum absolute atomic E-state index is 12.5. The van der Waals surface area contributed by atoms with Gasteiger partial charge >= 0.3 is 0 Å². The lowest BCUT2D eigenvalue weighted by molar-refractivity contribution is 0.349. The Kier molecular flexibility index (Phi) is 5.45. The first-order valence-corrected chi connectivity index (χ1v) is 11.3. The van der Waals surface area contributed by atoms with E-state index in [1.54, 1.807) is 17.0 Å². The van der Waals surface area contributed by atoms with Gasteiger partial charge in [-0.15, -0.1) is 5.10 Å². The smallest absolute Gasteiger partial charge is 0.253 e. The second-order valence-electron chi connectivity index (χ2n) is 8.92. The van der Waals surface area contributed by atoms with Crippen LogP contribution in [0, 0.1) is 5.92 Å². The van der Waals surface area contributed by atoms with E-state index in [0.29, 0.717) is 5.92 Å². The molecule has 4 rings (SSSR count). The maximum Gasteiger partial charge on any atom is 0.253 e. The summed E-state index contributed by atoms with van der Waals surface area (Å²) in [6, 6.07) is 3.92. The summed E-state index contributed by atoms with van der Waals surface area (Å²) >= 11 is 1.97. The summed E-state index contributed by atoms with van der Waals surface area (Å²) in [6.45, 7) is 8.92. The molecule has 0 spiro atoms. The van der Waals surface area contributed by atoms with Crippen molar-refractivity contribution in [3.63, 3.8) is 0 Å². The van der Waals surface area contributed by atoms with Crippen molar-refractivity contribution in [2.24, 2.45) is 5.92 Å². The predicted octanol–water partition coefficient (Wildman–Crippen LogP) is 3.04. The van der Waals surface area contributed by atoms with Gasteiger partial charge in [-0.05, 0) is 36.1 Å². The largest absolute Gasteiger partial charge is 0.355 e. The number of piperidine rings is 1. The quantitative estimate of drug-likeness (QED) is 0.790. The number of rotatable bonds is 3. The maximum atomic E-state index is 12.5. The van der Waals surface area contributed by atoms with Crippen molar-refractivity contribution in [1.29, 1.82) is 0 Å². The van der Waals surface area contributed by atoms with E-state index in [0.717, 1.165) is 61.9 Å². The van der Waals surface area contributed by atoms with Gasteiger partial charge in [0.2, 0.25) is 0 Å². The van der Waals surface area contributed by atoms with Gasteiger partial charge in [0.1, 0.15) is 0 Å². The average Bonchev–Trinajstić information content (AvgIpc) is 2.69. The van der Waals surface area contributed by atoms with Gasteiger partial charge in [-0.1, -0.05) is 20.8 Å². The van der Waals surface area contributed by atoms with Crippen molar-refractivity contribution in [2.75, 3.05) is 23.7 Å². The molecule has 4 heterocycles. The monoisotopic (exact) mass is 399 g/mol. The second-order valence-corrected chi connectivity index (χ2v) is 10.0. The van der Waals surface area contributed by atoms with Crippen LogP contribution in [0.25, 0.3) is 0 Å². The Morgan fingerprint density at radius 1 is 1.18 bits per heavy atom. The zero-order chi connectivity index (χ0) is 19.7. The zero-order valence-corrected chi connectivity index (χ0v) is 17.8. The Labute approximate surface area is 170 Å². The van der Waals surface area contributed by atoms with Crippen LogP contribution in [0.5, 0.6) is 0 Å². The van der Waals surface area contributed by atoms with Crippen LogP contribution in [0.15, 0.2) is 23.3 Å². The number of fused-ring (bicyclic) bond motifs is 1. The zero-order valence-electron chi connectivity index (χ0n) is 17.0. The van der Waals surface area contributed by atoms with Gasteiger partial charge < -0.3 is 4.90 Å². The van der Waals surface area contributed by atoms with Crippen LogP contribution in [0.4, 0.5) is 5.82 Å². The number of nitrogens with zero attached hydrogens (tertiary/aromatic N) is 5. The molecule has 0 unspecified atom stereocenters. The van der Waals surface area contributed by atoms with Crippen molar-refractivity contribution < 1.29 is 0 Å². The highest BCUT2D eigenvalue weighted by molar-refractivity contribution is 7.98. The highest BCUT2D eigenvalue weighted by atomic mass is 32.2. The lowest BCUT2D eigenvalue weighted by Gasteiger charge is -2.33. The van der Waals surface area contributed by atoms with Crippen molar-refractivity contribution in [3.8, 4) is 0 Å². The van der Waals surface area contributed by atoms with Gasteiger partial charge in [-0.3, -0.25) is 9.36 Å². The van der Waals surface area contributed by atoms with E-state index in [9.17, 15) is 4.79 Å². The first-order valence-electron chi connectivity index (χ1n) is 10.2. The summed E-state index contributed by atoms with van der Waals surface area (Å²) < 4.78 is 1.77. The molecule has 0 bridgehead atoms. The van der Waals surface area contributed by atoms with Crippen LogP contribution < -0.4 is 10.5 Å². The fourth-order valence-electron chi connectivity index (χ4n) is 3.88. The lowest BCUT2D eigenvalue weighted by atomic mass is 9.92. The molecule has 6 nitrogen and oxygen atoms in total. The Morgan fingerprint density at radius 3 is 2.68 bits per heavy atom. The number of anilines is 1. The molecule has 0 amide bonds. The molecule has 1 saturated heterocycles. The minimum atomic E-state index is -0.0992. The second kappa shape index (κ2) is 7.85. The first kappa shape index (κ1) is 19.4.